The minimum atomic E-state index is -1.36. The summed E-state index contributed by atoms with van der Waals surface area (Å²) in [5.41, 5.74) is 0.793. The van der Waals surface area contributed by atoms with E-state index in [0.717, 1.165) is 18.5 Å². The van der Waals surface area contributed by atoms with Crippen molar-refractivity contribution in [2.45, 2.75) is 62.9 Å². The highest BCUT2D eigenvalue weighted by molar-refractivity contribution is 5.87. The standard InChI is InChI=1S/C23H31NO7/c1-14-20(26)21(27)22(28)23(30-14)31-17-7-4-15(5-8-17)6-9-19(25)29-13-16-10-12-24-11-2-3-18(16)24/h4-9,14,16,18,20-23,26-28H,2-3,10-13H2,1H3/b9-6+/t14-,16+,18-,20-,21+,22+,23-/m1/s1. The van der Waals surface area contributed by atoms with Crippen LogP contribution in [0.3, 0.4) is 0 Å². The number of ether oxygens (including phenoxy) is 3. The van der Waals surface area contributed by atoms with Crippen LogP contribution in [0, 0.1) is 5.92 Å². The van der Waals surface area contributed by atoms with Gasteiger partial charge in [0.15, 0.2) is 0 Å². The van der Waals surface area contributed by atoms with Gasteiger partial charge in [-0.3, -0.25) is 4.90 Å². The molecule has 0 radical (unpaired) electrons. The smallest absolute Gasteiger partial charge is 0.330 e. The summed E-state index contributed by atoms with van der Waals surface area (Å²) >= 11 is 0. The van der Waals surface area contributed by atoms with Crippen LogP contribution < -0.4 is 4.74 Å². The first-order valence-electron chi connectivity index (χ1n) is 11.0. The molecular formula is C23H31NO7. The number of rotatable bonds is 6. The van der Waals surface area contributed by atoms with Gasteiger partial charge in [-0.05, 0) is 63.0 Å². The Hall–Kier alpha value is -1.97. The molecule has 3 fully saturated rings. The molecule has 8 nitrogen and oxygen atoms in total. The zero-order chi connectivity index (χ0) is 22.0. The topological polar surface area (TPSA) is 109 Å². The number of aliphatic hydroxyl groups is 3. The van der Waals surface area contributed by atoms with Crippen LogP contribution in [0.15, 0.2) is 30.3 Å². The summed E-state index contributed by atoms with van der Waals surface area (Å²) < 4.78 is 16.5. The van der Waals surface area contributed by atoms with Crippen molar-refractivity contribution in [3.8, 4) is 5.75 Å². The average Bonchev–Trinajstić information content (AvgIpc) is 3.38. The molecule has 0 bridgehead atoms. The van der Waals surface area contributed by atoms with Crippen molar-refractivity contribution < 1.29 is 34.3 Å². The number of hydrogen-bond donors (Lipinski definition) is 3. The molecule has 1 aromatic rings. The third-order valence-corrected chi connectivity index (χ3v) is 6.54. The molecule has 3 N–H and O–H groups in total. The average molecular weight is 434 g/mol. The van der Waals surface area contributed by atoms with Gasteiger partial charge in [-0.1, -0.05) is 12.1 Å². The van der Waals surface area contributed by atoms with E-state index in [1.165, 1.54) is 25.5 Å². The van der Waals surface area contributed by atoms with E-state index in [4.69, 9.17) is 14.2 Å². The predicted octanol–water partition coefficient (Wildman–Crippen LogP) is 0.934. The maximum absolute atomic E-state index is 12.1. The third-order valence-electron chi connectivity index (χ3n) is 6.54. The summed E-state index contributed by atoms with van der Waals surface area (Å²) in [5, 5.41) is 29.7. The molecule has 3 saturated heterocycles. The van der Waals surface area contributed by atoms with Crippen LogP contribution >= 0.6 is 0 Å². The molecule has 0 spiro atoms. The lowest BCUT2D eigenvalue weighted by molar-refractivity contribution is -0.268. The van der Waals surface area contributed by atoms with Crippen molar-refractivity contribution in [3.63, 3.8) is 0 Å². The number of benzene rings is 1. The number of hydrogen-bond acceptors (Lipinski definition) is 8. The van der Waals surface area contributed by atoms with Gasteiger partial charge in [-0.2, -0.15) is 0 Å². The molecule has 7 atom stereocenters. The normalized spacial score (nSPS) is 35.9. The van der Waals surface area contributed by atoms with E-state index in [-0.39, 0.29) is 5.97 Å². The van der Waals surface area contributed by atoms with Crippen LogP contribution in [0.2, 0.25) is 0 Å². The Labute approximate surface area is 182 Å². The molecule has 3 aliphatic heterocycles. The number of aliphatic hydroxyl groups excluding tert-OH is 3. The number of nitrogens with zero attached hydrogens (tertiary/aromatic N) is 1. The maximum Gasteiger partial charge on any atom is 0.330 e. The van der Waals surface area contributed by atoms with Crippen molar-refractivity contribution in [1.29, 1.82) is 0 Å². The SMILES string of the molecule is C[C@H]1O[C@H](Oc2ccc(/C=C/C(=O)OC[C@@H]3CCN4CCC[C@H]34)cc2)[C@@H](O)[C@@H](O)[C@@H]1O. The quantitative estimate of drug-likeness (QED) is 0.449. The van der Waals surface area contributed by atoms with Gasteiger partial charge in [0.05, 0.1) is 12.7 Å². The molecule has 170 valence electrons. The third kappa shape index (κ3) is 5.10. The van der Waals surface area contributed by atoms with E-state index in [2.05, 4.69) is 4.90 Å². The van der Waals surface area contributed by atoms with E-state index in [9.17, 15) is 20.1 Å². The Bertz CT molecular complexity index is 783. The van der Waals surface area contributed by atoms with Gasteiger partial charge < -0.3 is 29.5 Å². The van der Waals surface area contributed by atoms with Crippen molar-refractivity contribution in [3.05, 3.63) is 35.9 Å². The van der Waals surface area contributed by atoms with Crippen molar-refractivity contribution >= 4 is 12.0 Å². The summed E-state index contributed by atoms with van der Waals surface area (Å²) in [7, 11) is 0. The maximum atomic E-state index is 12.1. The summed E-state index contributed by atoms with van der Waals surface area (Å²) in [4.78, 5) is 14.6. The fourth-order valence-electron chi connectivity index (χ4n) is 4.69. The molecule has 0 amide bonds. The van der Waals surface area contributed by atoms with Gasteiger partial charge in [0, 0.05) is 18.0 Å². The van der Waals surface area contributed by atoms with Crippen molar-refractivity contribution in [2.24, 2.45) is 5.92 Å². The van der Waals surface area contributed by atoms with Crippen LogP contribution in [0.5, 0.6) is 5.75 Å². The van der Waals surface area contributed by atoms with Crippen LogP contribution in [-0.4, -0.2) is 82.6 Å². The Kier molecular flexibility index (Phi) is 6.93. The molecule has 1 aromatic carbocycles. The molecule has 0 aromatic heterocycles. The van der Waals surface area contributed by atoms with E-state index >= 15 is 0 Å². The fraction of sp³-hybridized carbons (Fsp3) is 0.609. The van der Waals surface area contributed by atoms with E-state index in [1.54, 1.807) is 37.3 Å². The highest BCUT2D eigenvalue weighted by Gasteiger charge is 2.43. The summed E-state index contributed by atoms with van der Waals surface area (Å²) in [5.74, 6) is 0.523. The second-order valence-electron chi connectivity index (χ2n) is 8.63. The summed E-state index contributed by atoms with van der Waals surface area (Å²) in [6.45, 7) is 4.35. The Morgan fingerprint density at radius 3 is 2.68 bits per heavy atom. The molecule has 0 aliphatic carbocycles. The van der Waals surface area contributed by atoms with Crippen molar-refractivity contribution in [2.75, 3.05) is 19.7 Å². The van der Waals surface area contributed by atoms with Gasteiger partial charge in [-0.25, -0.2) is 4.79 Å². The van der Waals surface area contributed by atoms with Gasteiger partial charge >= 0.3 is 5.97 Å². The molecule has 0 saturated carbocycles. The predicted molar refractivity (Wildman–Crippen MR) is 112 cm³/mol. The number of carbonyl (C=O) groups is 1. The Balaban J connectivity index is 1.25. The molecular weight excluding hydrogens is 402 g/mol. The van der Waals surface area contributed by atoms with E-state index < -0.39 is 30.7 Å². The molecule has 31 heavy (non-hydrogen) atoms. The zero-order valence-corrected chi connectivity index (χ0v) is 17.7. The highest BCUT2D eigenvalue weighted by atomic mass is 16.7. The molecule has 3 aliphatic rings. The Morgan fingerprint density at radius 1 is 1.13 bits per heavy atom. The number of fused-ring (bicyclic) bond motifs is 1. The lowest BCUT2D eigenvalue weighted by Gasteiger charge is -2.38. The van der Waals surface area contributed by atoms with Crippen LogP contribution in [-0.2, 0) is 14.3 Å². The Morgan fingerprint density at radius 2 is 1.90 bits per heavy atom. The van der Waals surface area contributed by atoms with Crippen LogP contribution in [0.25, 0.3) is 6.08 Å². The number of carbonyl (C=O) groups excluding carboxylic acids is 1. The lowest BCUT2D eigenvalue weighted by atomic mass is 9.99. The van der Waals surface area contributed by atoms with Gasteiger partial charge in [0.1, 0.15) is 24.1 Å². The van der Waals surface area contributed by atoms with Gasteiger partial charge in [0.2, 0.25) is 6.29 Å². The van der Waals surface area contributed by atoms with Gasteiger partial charge in [0.25, 0.3) is 0 Å². The second-order valence-corrected chi connectivity index (χ2v) is 8.63. The summed E-state index contributed by atoms with van der Waals surface area (Å²) in [6.07, 6.45) is 0.996. The largest absolute Gasteiger partial charge is 0.462 e. The van der Waals surface area contributed by atoms with Crippen molar-refractivity contribution in [1.82, 2.24) is 4.90 Å². The van der Waals surface area contributed by atoms with E-state index in [0.29, 0.717) is 24.3 Å². The van der Waals surface area contributed by atoms with Crippen LogP contribution in [0.1, 0.15) is 31.7 Å². The van der Waals surface area contributed by atoms with E-state index in [1.807, 2.05) is 0 Å². The first-order chi connectivity index (χ1) is 14.9. The monoisotopic (exact) mass is 433 g/mol. The lowest BCUT2D eigenvalue weighted by Crippen LogP contribution is -2.58. The fourth-order valence-corrected chi connectivity index (χ4v) is 4.69. The zero-order valence-electron chi connectivity index (χ0n) is 17.7. The first kappa shape index (κ1) is 22.2. The second kappa shape index (κ2) is 9.67. The molecule has 4 rings (SSSR count). The minimum absolute atomic E-state index is 0.350. The summed E-state index contributed by atoms with van der Waals surface area (Å²) in [6, 6.07) is 7.45. The highest BCUT2D eigenvalue weighted by Crippen LogP contribution is 2.32. The van der Waals surface area contributed by atoms with Gasteiger partial charge in [-0.15, -0.1) is 0 Å². The molecule has 0 unspecified atom stereocenters. The number of esters is 1. The molecule has 3 heterocycles. The molecule has 8 heteroatoms. The minimum Gasteiger partial charge on any atom is -0.462 e. The van der Waals surface area contributed by atoms with Crippen LogP contribution in [0.4, 0.5) is 0 Å². The first-order valence-corrected chi connectivity index (χ1v) is 11.0.